The van der Waals surface area contributed by atoms with Crippen molar-refractivity contribution in [2.24, 2.45) is 4.36 Å². The molecule has 1 aromatic carbocycles. The smallest absolute Gasteiger partial charge is 0.330 e. The summed E-state index contributed by atoms with van der Waals surface area (Å²) >= 11 is 1.45. The van der Waals surface area contributed by atoms with Crippen molar-refractivity contribution in [1.29, 1.82) is 0 Å². The van der Waals surface area contributed by atoms with E-state index in [4.69, 9.17) is 4.42 Å². The third kappa shape index (κ3) is 5.35. The minimum atomic E-state index is -2.75. The molecule has 0 spiro atoms. The fourth-order valence-electron chi connectivity index (χ4n) is 3.34. The molecule has 0 N–H and O–H groups in total. The van der Waals surface area contributed by atoms with E-state index < -0.39 is 15.6 Å². The Morgan fingerprint density at radius 3 is 2.50 bits per heavy atom. The number of rotatable bonds is 3. The first-order valence-corrected chi connectivity index (χ1v) is 12.8. The van der Waals surface area contributed by atoms with Crippen molar-refractivity contribution < 1.29 is 18.2 Å². The molecular formula is C22H24N2O4S2. The van der Waals surface area contributed by atoms with Gasteiger partial charge in [-0.3, -0.25) is 9.59 Å². The van der Waals surface area contributed by atoms with Gasteiger partial charge in [0.25, 0.3) is 5.91 Å². The molecule has 0 radical (unpaired) electrons. The zero-order valence-electron chi connectivity index (χ0n) is 17.2. The predicted molar refractivity (Wildman–Crippen MR) is 119 cm³/mol. The van der Waals surface area contributed by atoms with Crippen molar-refractivity contribution in [3.8, 4) is 11.8 Å². The highest BCUT2D eigenvalue weighted by Crippen LogP contribution is 2.26. The Morgan fingerprint density at radius 2 is 1.90 bits per heavy atom. The summed E-state index contributed by atoms with van der Waals surface area (Å²) in [5.41, 5.74) is 1.26. The van der Waals surface area contributed by atoms with Crippen LogP contribution in [0.15, 0.2) is 50.3 Å². The second-order valence-corrected chi connectivity index (χ2v) is 10.5. The fraction of sp³-hybridized carbons (Fsp3) is 0.364. The molecule has 6 nitrogen and oxygen atoms in total. The molecule has 1 saturated heterocycles. The standard InChI is InChI=1S/C22H24N2O4S2/c1-16-19(15-21(28-16)29-2)22(26)24-13-11-18(12-14-24)30(3,27)23-20(25)10-9-17-7-5-4-6-8-17/h4-8,15,18H,11-14H2,1-3H3. The first-order valence-electron chi connectivity index (χ1n) is 9.56. The highest BCUT2D eigenvalue weighted by molar-refractivity contribution is 7.98. The maximum atomic E-state index is 13.0. The number of likely N-dealkylation sites (tertiary alicyclic amines) is 1. The molecule has 2 aromatic rings. The van der Waals surface area contributed by atoms with E-state index in [0.717, 1.165) is 0 Å². The predicted octanol–water partition coefficient (Wildman–Crippen LogP) is 3.59. The molecular weight excluding hydrogens is 420 g/mol. The fourth-order valence-corrected chi connectivity index (χ4v) is 5.40. The summed E-state index contributed by atoms with van der Waals surface area (Å²) in [5, 5.41) is 0.451. The molecule has 0 bridgehead atoms. The van der Waals surface area contributed by atoms with Gasteiger partial charge in [-0.05, 0) is 38.2 Å². The van der Waals surface area contributed by atoms with Crippen LogP contribution in [0.3, 0.4) is 0 Å². The van der Waals surface area contributed by atoms with Gasteiger partial charge in [-0.25, -0.2) is 4.21 Å². The number of aryl methyl sites for hydroxylation is 1. The Hall–Kier alpha value is -2.50. The van der Waals surface area contributed by atoms with Crippen LogP contribution in [-0.4, -0.2) is 51.8 Å². The molecule has 1 aliphatic rings. The molecule has 2 heterocycles. The first-order chi connectivity index (χ1) is 14.3. The van der Waals surface area contributed by atoms with E-state index in [1.807, 2.05) is 24.5 Å². The van der Waals surface area contributed by atoms with Crippen LogP contribution in [0.25, 0.3) is 0 Å². The van der Waals surface area contributed by atoms with E-state index in [1.165, 1.54) is 18.0 Å². The SMILES string of the molecule is CSc1cc(C(=O)N2CCC(S(C)(=O)=NC(=O)C#Cc3ccccc3)CC2)c(C)o1. The lowest BCUT2D eigenvalue weighted by Crippen LogP contribution is -2.42. The summed E-state index contributed by atoms with van der Waals surface area (Å²) in [4.78, 5) is 26.6. The monoisotopic (exact) mass is 444 g/mol. The number of benzene rings is 1. The van der Waals surface area contributed by atoms with Crippen LogP contribution < -0.4 is 0 Å². The summed E-state index contributed by atoms with van der Waals surface area (Å²) in [6.07, 6.45) is 4.44. The lowest BCUT2D eigenvalue weighted by molar-refractivity contribution is -0.112. The summed E-state index contributed by atoms with van der Waals surface area (Å²) in [5.74, 6) is 5.02. The largest absolute Gasteiger partial charge is 0.454 e. The summed E-state index contributed by atoms with van der Waals surface area (Å²) in [6.45, 7) is 2.71. The Morgan fingerprint density at radius 1 is 1.23 bits per heavy atom. The van der Waals surface area contributed by atoms with Crippen LogP contribution in [0, 0.1) is 18.8 Å². The average Bonchev–Trinajstić information content (AvgIpc) is 3.13. The van der Waals surface area contributed by atoms with E-state index in [9.17, 15) is 13.8 Å². The Balaban J connectivity index is 1.64. The van der Waals surface area contributed by atoms with E-state index in [2.05, 4.69) is 16.2 Å². The van der Waals surface area contributed by atoms with Gasteiger partial charge in [0.15, 0.2) is 5.09 Å². The normalized spacial score (nSPS) is 16.3. The van der Waals surface area contributed by atoms with E-state index >= 15 is 0 Å². The van der Waals surface area contributed by atoms with Crippen molar-refractivity contribution in [1.82, 2.24) is 4.90 Å². The van der Waals surface area contributed by atoms with Gasteiger partial charge in [0.2, 0.25) is 0 Å². The number of hydrogen-bond acceptors (Lipinski definition) is 5. The van der Waals surface area contributed by atoms with Crippen molar-refractivity contribution >= 4 is 33.3 Å². The van der Waals surface area contributed by atoms with Gasteiger partial charge in [0, 0.05) is 42.1 Å². The maximum Gasteiger partial charge on any atom is 0.330 e. The Bertz CT molecular complexity index is 1110. The third-order valence-electron chi connectivity index (χ3n) is 5.03. The topological polar surface area (TPSA) is 80.0 Å². The average molecular weight is 445 g/mol. The van der Waals surface area contributed by atoms with Gasteiger partial charge < -0.3 is 9.32 Å². The summed E-state index contributed by atoms with van der Waals surface area (Å²) in [7, 11) is -2.75. The zero-order valence-corrected chi connectivity index (χ0v) is 18.8. The van der Waals surface area contributed by atoms with Crippen LogP contribution in [0.5, 0.6) is 0 Å². The molecule has 30 heavy (non-hydrogen) atoms. The highest BCUT2D eigenvalue weighted by Gasteiger charge is 2.30. The number of carbonyl (C=O) groups is 2. The van der Waals surface area contributed by atoms with Gasteiger partial charge in [0.05, 0.1) is 15.3 Å². The number of carbonyl (C=O) groups excluding carboxylic acids is 2. The van der Waals surface area contributed by atoms with Gasteiger partial charge in [-0.2, -0.15) is 4.36 Å². The molecule has 0 aliphatic carbocycles. The number of nitrogens with zero attached hydrogens (tertiary/aromatic N) is 2. The van der Waals surface area contributed by atoms with Crippen LogP contribution in [0.2, 0.25) is 0 Å². The highest BCUT2D eigenvalue weighted by atomic mass is 32.2. The van der Waals surface area contributed by atoms with E-state index in [0.29, 0.717) is 47.9 Å². The zero-order chi connectivity index (χ0) is 21.7. The van der Waals surface area contributed by atoms with Crippen LogP contribution in [0.1, 0.15) is 34.5 Å². The van der Waals surface area contributed by atoms with Gasteiger partial charge in [-0.15, -0.1) is 0 Å². The lowest BCUT2D eigenvalue weighted by atomic mass is 10.1. The minimum Gasteiger partial charge on any atom is -0.454 e. The molecule has 1 fully saturated rings. The second-order valence-electron chi connectivity index (χ2n) is 7.10. The maximum absolute atomic E-state index is 13.0. The Kier molecular flexibility index (Phi) is 7.06. The number of hydrogen-bond donors (Lipinski definition) is 0. The molecule has 8 heteroatoms. The molecule has 1 aliphatic heterocycles. The number of amides is 2. The third-order valence-corrected chi connectivity index (χ3v) is 7.87. The van der Waals surface area contributed by atoms with Gasteiger partial charge in [0.1, 0.15) is 5.76 Å². The molecule has 1 atom stereocenters. The van der Waals surface area contributed by atoms with Gasteiger partial charge >= 0.3 is 5.91 Å². The molecule has 3 rings (SSSR count). The van der Waals surface area contributed by atoms with Crippen LogP contribution in [-0.2, 0) is 14.5 Å². The van der Waals surface area contributed by atoms with Crippen molar-refractivity contribution in [2.45, 2.75) is 30.1 Å². The summed E-state index contributed by atoms with van der Waals surface area (Å²) < 4.78 is 22.5. The second kappa shape index (κ2) is 9.54. The minimum absolute atomic E-state index is 0.0839. The van der Waals surface area contributed by atoms with Gasteiger partial charge in [-0.1, -0.05) is 35.9 Å². The number of thioether (sulfide) groups is 1. The Labute approximate surface area is 181 Å². The van der Waals surface area contributed by atoms with Crippen LogP contribution in [0.4, 0.5) is 0 Å². The van der Waals surface area contributed by atoms with E-state index in [1.54, 1.807) is 30.0 Å². The summed E-state index contributed by atoms with van der Waals surface area (Å²) in [6, 6.07) is 10.9. The van der Waals surface area contributed by atoms with Crippen molar-refractivity contribution in [3.63, 3.8) is 0 Å². The van der Waals surface area contributed by atoms with E-state index in [-0.39, 0.29) is 11.2 Å². The number of piperidine rings is 1. The van der Waals surface area contributed by atoms with Crippen molar-refractivity contribution in [3.05, 3.63) is 53.3 Å². The molecule has 158 valence electrons. The quantitative estimate of drug-likeness (QED) is 0.534. The first kappa shape index (κ1) is 22.2. The molecule has 1 aromatic heterocycles. The number of furan rings is 1. The van der Waals surface area contributed by atoms with Crippen molar-refractivity contribution in [2.75, 3.05) is 25.6 Å². The molecule has 2 amide bonds. The molecule has 1 unspecified atom stereocenters. The molecule has 0 saturated carbocycles. The lowest BCUT2D eigenvalue weighted by Gasteiger charge is -2.32. The van der Waals surface area contributed by atoms with Crippen LogP contribution >= 0.6 is 11.8 Å².